The van der Waals surface area contributed by atoms with Crippen molar-refractivity contribution in [3.8, 4) is 0 Å². The van der Waals surface area contributed by atoms with Gasteiger partial charge in [0.2, 0.25) is 0 Å². The molecule has 6 nitrogen and oxygen atoms in total. The molecule has 0 rings (SSSR count). The van der Waals surface area contributed by atoms with Crippen LogP contribution in [0.2, 0.25) is 0 Å². The standard InChI is InChI=1S/2C20H42O2.C18H38O2/c1-3-5-7-9-10-12-14-16-20(19-22-18-17-21)15-13-11-8-6-4-2;1-2-3-4-5-6-7-8-9-10-11-12-13-14-15-16-17-19-22-20-18-21;1-2-3-4-5-6-7-8-9-10-11-12-13-14-15-17-20-18-16-19/h20-21H,3-19H2,1-2H3;21H,2-20H2,1H3;19H,2-18H2,1H3. The van der Waals surface area contributed by atoms with Crippen molar-refractivity contribution in [1.29, 1.82) is 0 Å². The van der Waals surface area contributed by atoms with Crippen LogP contribution in [0, 0.1) is 5.92 Å². The van der Waals surface area contributed by atoms with Gasteiger partial charge < -0.3 is 29.5 Å². The zero-order valence-corrected chi connectivity index (χ0v) is 44.6. The van der Waals surface area contributed by atoms with E-state index >= 15 is 0 Å². The van der Waals surface area contributed by atoms with Crippen molar-refractivity contribution < 1.29 is 29.5 Å². The van der Waals surface area contributed by atoms with Crippen molar-refractivity contribution in [2.24, 2.45) is 5.92 Å². The highest BCUT2D eigenvalue weighted by Gasteiger charge is 2.09. The van der Waals surface area contributed by atoms with Crippen LogP contribution in [-0.4, -0.2) is 74.8 Å². The van der Waals surface area contributed by atoms with Crippen LogP contribution in [0.15, 0.2) is 0 Å². The molecule has 0 spiro atoms. The van der Waals surface area contributed by atoms with Gasteiger partial charge >= 0.3 is 0 Å². The van der Waals surface area contributed by atoms with Gasteiger partial charge in [-0.05, 0) is 31.6 Å². The van der Waals surface area contributed by atoms with E-state index < -0.39 is 0 Å². The van der Waals surface area contributed by atoms with Gasteiger partial charge in [-0.2, -0.15) is 0 Å². The zero-order valence-electron chi connectivity index (χ0n) is 44.6. The second-order valence-electron chi connectivity index (χ2n) is 19.3. The molecule has 0 radical (unpaired) electrons. The number of aliphatic hydroxyl groups excluding tert-OH is 3. The molecule has 1 atom stereocenters. The Morgan fingerprint density at radius 1 is 0.234 bits per heavy atom. The summed E-state index contributed by atoms with van der Waals surface area (Å²) in [6.07, 6.45) is 61.0. The average Bonchev–Trinajstić information content (AvgIpc) is 3.31. The molecule has 1 unspecified atom stereocenters. The molecule has 0 bridgehead atoms. The number of ether oxygens (including phenoxy) is 3. The molecule has 0 aromatic heterocycles. The lowest BCUT2D eigenvalue weighted by atomic mass is 9.95. The third-order valence-corrected chi connectivity index (χ3v) is 12.8. The van der Waals surface area contributed by atoms with E-state index in [-0.39, 0.29) is 19.8 Å². The van der Waals surface area contributed by atoms with E-state index in [1.807, 2.05) is 0 Å². The Hall–Kier alpha value is -0.240. The van der Waals surface area contributed by atoms with Gasteiger partial charge in [0.25, 0.3) is 0 Å². The van der Waals surface area contributed by atoms with Gasteiger partial charge in [-0.25, -0.2) is 0 Å². The first-order chi connectivity index (χ1) is 31.7. The summed E-state index contributed by atoms with van der Waals surface area (Å²) in [7, 11) is 0. The molecular weight excluding hydrogens is 793 g/mol. The highest BCUT2D eigenvalue weighted by molar-refractivity contribution is 4.61. The summed E-state index contributed by atoms with van der Waals surface area (Å²) < 4.78 is 16.1. The van der Waals surface area contributed by atoms with Gasteiger partial charge in [0.05, 0.1) is 39.6 Å². The summed E-state index contributed by atoms with van der Waals surface area (Å²) in [6, 6.07) is 0. The number of rotatable bonds is 54. The summed E-state index contributed by atoms with van der Waals surface area (Å²) in [5.41, 5.74) is 0. The van der Waals surface area contributed by atoms with E-state index in [4.69, 9.17) is 29.5 Å². The van der Waals surface area contributed by atoms with Gasteiger partial charge in [-0.3, -0.25) is 0 Å². The lowest BCUT2D eigenvalue weighted by Gasteiger charge is -2.17. The summed E-state index contributed by atoms with van der Waals surface area (Å²) in [5, 5.41) is 26.0. The fourth-order valence-corrected chi connectivity index (χ4v) is 8.54. The number of aliphatic hydroxyl groups is 3. The first-order valence-corrected chi connectivity index (χ1v) is 29.2. The van der Waals surface area contributed by atoms with Crippen LogP contribution in [0.5, 0.6) is 0 Å². The number of hydrogen-bond donors (Lipinski definition) is 3. The van der Waals surface area contributed by atoms with Crippen LogP contribution in [0.3, 0.4) is 0 Å². The van der Waals surface area contributed by atoms with Crippen LogP contribution in [-0.2, 0) is 14.2 Å². The first kappa shape index (κ1) is 68.0. The Morgan fingerprint density at radius 2 is 0.438 bits per heavy atom. The van der Waals surface area contributed by atoms with E-state index in [1.54, 1.807) is 0 Å². The third kappa shape index (κ3) is 70.8. The largest absolute Gasteiger partial charge is 0.394 e. The van der Waals surface area contributed by atoms with Crippen LogP contribution in [0.4, 0.5) is 0 Å². The molecule has 0 aromatic carbocycles. The Balaban J connectivity index is -0.000000873. The van der Waals surface area contributed by atoms with Gasteiger partial charge in [0, 0.05) is 19.8 Å². The molecule has 0 amide bonds. The molecule has 0 aromatic rings. The minimum atomic E-state index is 0.151. The zero-order chi connectivity index (χ0) is 47.2. The first-order valence-electron chi connectivity index (χ1n) is 29.2. The van der Waals surface area contributed by atoms with Crippen molar-refractivity contribution >= 4 is 0 Å². The van der Waals surface area contributed by atoms with E-state index in [0.29, 0.717) is 25.7 Å². The molecule has 0 heterocycles. The highest BCUT2D eigenvalue weighted by atomic mass is 16.5. The second-order valence-corrected chi connectivity index (χ2v) is 19.3. The summed E-state index contributed by atoms with van der Waals surface area (Å²) >= 11 is 0. The van der Waals surface area contributed by atoms with E-state index in [2.05, 4.69) is 27.7 Å². The topological polar surface area (TPSA) is 88.4 Å². The molecule has 6 heteroatoms. The van der Waals surface area contributed by atoms with Crippen LogP contribution >= 0.6 is 0 Å². The fourth-order valence-electron chi connectivity index (χ4n) is 8.54. The Labute approximate surface area is 403 Å². The monoisotopic (exact) mass is 915 g/mol. The molecular formula is C58H122O6. The quantitative estimate of drug-likeness (QED) is 0.0527. The molecule has 0 aliphatic rings. The normalized spacial score (nSPS) is 11.7. The summed E-state index contributed by atoms with van der Waals surface area (Å²) in [4.78, 5) is 0. The highest BCUT2D eigenvalue weighted by Crippen LogP contribution is 2.20. The van der Waals surface area contributed by atoms with Crippen molar-refractivity contribution in [2.75, 3.05) is 59.5 Å². The predicted molar refractivity (Wildman–Crippen MR) is 283 cm³/mol. The molecule has 0 saturated carbocycles. The maximum absolute atomic E-state index is 8.84. The Kier molecular flexibility index (Phi) is 73.7. The minimum Gasteiger partial charge on any atom is -0.394 e. The maximum atomic E-state index is 8.84. The lowest BCUT2D eigenvalue weighted by molar-refractivity contribution is 0.0620. The number of hydrogen-bond acceptors (Lipinski definition) is 6. The van der Waals surface area contributed by atoms with Gasteiger partial charge in [-0.1, -0.05) is 285 Å². The van der Waals surface area contributed by atoms with Gasteiger partial charge in [0.15, 0.2) is 0 Å². The summed E-state index contributed by atoms with van der Waals surface area (Å²) in [6.45, 7) is 13.6. The molecule has 390 valence electrons. The molecule has 0 aliphatic heterocycles. The van der Waals surface area contributed by atoms with Crippen LogP contribution < -0.4 is 0 Å². The summed E-state index contributed by atoms with van der Waals surface area (Å²) in [5.74, 6) is 0.712. The average molecular weight is 916 g/mol. The lowest BCUT2D eigenvalue weighted by Crippen LogP contribution is -2.12. The van der Waals surface area contributed by atoms with Gasteiger partial charge in [-0.15, -0.1) is 0 Å². The van der Waals surface area contributed by atoms with Crippen LogP contribution in [0.1, 0.15) is 310 Å². The maximum Gasteiger partial charge on any atom is 0.0697 e. The SMILES string of the molecule is CCCCCCCCCC(CCCCCCC)COCCO.CCCCCCCCCCCCCCCCCCOCCO.CCCCCCCCCCCCCCCCOCCO. The number of unbranched alkanes of at least 4 members (excludes halogenated alkanes) is 38. The van der Waals surface area contributed by atoms with Crippen molar-refractivity contribution in [3.63, 3.8) is 0 Å². The van der Waals surface area contributed by atoms with Crippen molar-refractivity contribution in [3.05, 3.63) is 0 Å². The third-order valence-electron chi connectivity index (χ3n) is 12.8. The van der Waals surface area contributed by atoms with E-state index in [1.165, 1.54) is 270 Å². The van der Waals surface area contributed by atoms with Crippen molar-refractivity contribution in [2.45, 2.75) is 310 Å². The minimum absolute atomic E-state index is 0.151. The molecule has 0 fully saturated rings. The smallest absolute Gasteiger partial charge is 0.0697 e. The molecule has 0 aliphatic carbocycles. The molecule has 3 N–H and O–H groups in total. The second kappa shape index (κ2) is 69.3. The van der Waals surface area contributed by atoms with Crippen LogP contribution in [0.25, 0.3) is 0 Å². The Bertz CT molecular complexity index is 685. The molecule has 64 heavy (non-hydrogen) atoms. The van der Waals surface area contributed by atoms with E-state index in [0.717, 1.165) is 32.7 Å². The predicted octanol–water partition coefficient (Wildman–Crippen LogP) is 17.8. The molecule has 0 saturated heterocycles. The Morgan fingerprint density at radius 3 is 0.672 bits per heavy atom. The fraction of sp³-hybridized carbons (Fsp3) is 1.00. The van der Waals surface area contributed by atoms with Gasteiger partial charge in [0.1, 0.15) is 0 Å². The van der Waals surface area contributed by atoms with E-state index in [9.17, 15) is 0 Å². The van der Waals surface area contributed by atoms with Crippen molar-refractivity contribution in [1.82, 2.24) is 0 Å².